The van der Waals surface area contributed by atoms with E-state index in [9.17, 15) is 23.6 Å². The molecule has 0 spiro atoms. The molecule has 0 atom stereocenters. The first-order valence-electron chi connectivity index (χ1n) is 11.5. The molecule has 0 saturated carbocycles. The second-order valence-electron chi connectivity index (χ2n) is 8.01. The lowest BCUT2D eigenvalue weighted by Gasteiger charge is -2.26. The van der Waals surface area contributed by atoms with Crippen molar-refractivity contribution in [3.8, 4) is 11.5 Å². The van der Waals surface area contributed by atoms with Crippen LogP contribution in [0.15, 0.2) is 75.2 Å². The van der Waals surface area contributed by atoms with Gasteiger partial charge in [-0.25, -0.2) is 14.1 Å². The zero-order valence-electron chi connectivity index (χ0n) is 20.3. The molecule has 9 nitrogen and oxygen atoms in total. The van der Waals surface area contributed by atoms with Crippen LogP contribution < -0.4 is 25.0 Å². The van der Waals surface area contributed by atoms with Crippen LogP contribution in [0, 0.1) is 5.82 Å². The third-order valence-corrected chi connectivity index (χ3v) is 6.44. The molecule has 39 heavy (non-hydrogen) atoms. The minimum atomic E-state index is -0.863. The quantitative estimate of drug-likeness (QED) is 0.246. The monoisotopic (exact) mass is 659 g/mol. The minimum absolute atomic E-state index is 0.0169. The number of barbiturate groups is 1. The van der Waals surface area contributed by atoms with Crippen molar-refractivity contribution < 1.29 is 33.0 Å². The van der Waals surface area contributed by atoms with E-state index in [4.69, 9.17) is 9.47 Å². The number of rotatable bonds is 8. The van der Waals surface area contributed by atoms with Crippen LogP contribution in [0.5, 0.6) is 11.5 Å². The summed E-state index contributed by atoms with van der Waals surface area (Å²) in [7, 11) is 0. The van der Waals surface area contributed by atoms with E-state index in [1.165, 1.54) is 30.3 Å². The maximum absolute atomic E-state index is 13.8. The van der Waals surface area contributed by atoms with Crippen molar-refractivity contribution >= 4 is 73.1 Å². The maximum atomic E-state index is 13.8. The number of hydrogen-bond acceptors (Lipinski definition) is 6. The van der Waals surface area contributed by atoms with Gasteiger partial charge in [0, 0.05) is 4.47 Å². The summed E-state index contributed by atoms with van der Waals surface area (Å²) in [6.45, 7) is 1.54. The molecule has 5 amide bonds. The van der Waals surface area contributed by atoms with Gasteiger partial charge in [-0.3, -0.25) is 19.7 Å². The summed E-state index contributed by atoms with van der Waals surface area (Å²) in [4.78, 5) is 51.4. The molecule has 0 bridgehead atoms. The van der Waals surface area contributed by atoms with Gasteiger partial charge in [-0.1, -0.05) is 28.1 Å². The molecule has 3 aromatic rings. The molecule has 12 heteroatoms. The van der Waals surface area contributed by atoms with E-state index in [0.29, 0.717) is 10.0 Å². The van der Waals surface area contributed by atoms with Crippen LogP contribution in [0.4, 0.5) is 20.6 Å². The van der Waals surface area contributed by atoms with Crippen LogP contribution in [0.3, 0.4) is 0 Å². The van der Waals surface area contributed by atoms with Crippen molar-refractivity contribution in [1.82, 2.24) is 5.32 Å². The number of benzene rings is 3. The number of nitrogens with one attached hydrogen (secondary N) is 2. The molecule has 0 radical (unpaired) electrons. The molecular formula is C27H20Br2FN3O6. The summed E-state index contributed by atoms with van der Waals surface area (Å²) in [6, 6.07) is 14.4. The zero-order valence-corrected chi connectivity index (χ0v) is 23.5. The lowest BCUT2D eigenvalue weighted by Crippen LogP contribution is -2.54. The van der Waals surface area contributed by atoms with Gasteiger partial charge in [0.1, 0.15) is 11.4 Å². The summed E-state index contributed by atoms with van der Waals surface area (Å²) in [5.41, 5.74) is 0.415. The van der Waals surface area contributed by atoms with Crippen LogP contribution in [0.2, 0.25) is 0 Å². The van der Waals surface area contributed by atoms with Crippen LogP contribution in [-0.2, 0) is 14.4 Å². The normalized spacial score (nSPS) is 14.3. The third-order valence-electron chi connectivity index (χ3n) is 5.32. The predicted molar refractivity (Wildman–Crippen MR) is 149 cm³/mol. The number of carbonyl (C=O) groups is 4. The third kappa shape index (κ3) is 6.52. The smallest absolute Gasteiger partial charge is 0.335 e. The van der Waals surface area contributed by atoms with E-state index in [1.54, 1.807) is 43.3 Å². The lowest BCUT2D eigenvalue weighted by atomic mass is 10.1. The largest absolute Gasteiger partial charge is 0.490 e. The Bertz CT molecular complexity index is 1490. The number of hydrogen-bond donors (Lipinski definition) is 2. The summed E-state index contributed by atoms with van der Waals surface area (Å²) in [6.07, 6.45) is 1.32. The lowest BCUT2D eigenvalue weighted by molar-refractivity contribution is -0.122. The molecule has 1 aliphatic heterocycles. The molecule has 1 saturated heterocycles. The van der Waals surface area contributed by atoms with E-state index in [2.05, 4.69) is 42.5 Å². The highest BCUT2D eigenvalue weighted by molar-refractivity contribution is 9.10. The van der Waals surface area contributed by atoms with Gasteiger partial charge in [-0.05, 0) is 83.0 Å². The summed E-state index contributed by atoms with van der Waals surface area (Å²) < 4.78 is 26.3. The first-order valence-corrected chi connectivity index (χ1v) is 13.1. The number of ether oxygens (including phenoxy) is 2. The van der Waals surface area contributed by atoms with E-state index in [1.807, 2.05) is 0 Å². The average molecular weight is 661 g/mol. The molecule has 1 fully saturated rings. The van der Waals surface area contributed by atoms with Crippen molar-refractivity contribution in [3.63, 3.8) is 0 Å². The Kier molecular flexibility index (Phi) is 8.77. The van der Waals surface area contributed by atoms with Gasteiger partial charge >= 0.3 is 6.03 Å². The van der Waals surface area contributed by atoms with Gasteiger partial charge < -0.3 is 14.8 Å². The van der Waals surface area contributed by atoms with Crippen LogP contribution in [0.1, 0.15) is 12.5 Å². The fraction of sp³-hybridized carbons (Fsp3) is 0.111. The minimum Gasteiger partial charge on any atom is -0.490 e. The van der Waals surface area contributed by atoms with Crippen LogP contribution in [-0.4, -0.2) is 37.0 Å². The Balaban J connectivity index is 1.58. The number of nitrogens with zero attached hydrogens (tertiary/aromatic N) is 1. The molecule has 0 unspecified atom stereocenters. The number of anilines is 2. The van der Waals surface area contributed by atoms with Crippen molar-refractivity contribution in [1.29, 1.82) is 0 Å². The van der Waals surface area contributed by atoms with Gasteiger partial charge in [0.2, 0.25) is 0 Å². The fourth-order valence-corrected chi connectivity index (χ4v) is 4.45. The number of imide groups is 2. The average Bonchev–Trinajstić information content (AvgIpc) is 2.88. The van der Waals surface area contributed by atoms with Crippen LogP contribution in [0.25, 0.3) is 6.08 Å². The van der Waals surface area contributed by atoms with Crippen molar-refractivity contribution in [2.24, 2.45) is 0 Å². The molecule has 0 aliphatic carbocycles. The van der Waals surface area contributed by atoms with E-state index in [0.717, 1.165) is 9.37 Å². The predicted octanol–water partition coefficient (Wildman–Crippen LogP) is 5.43. The summed E-state index contributed by atoms with van der Waals surface area (Å²) in [5, 5.41) is 4.60. The Morgan fingerprint density at radius 1 is 1.05 bits per heavy atom. The SMILES string of the molecule is CCOc1cc(/C=C2\C(=O)NC(=O)N(c3ccc(Br)cc3)C2=O)cc(Br)c1OCC(=O)Nc1ccccc1F. The van der Waals surface area contributed by atoms with Gasteiger partial charge in [-0.15, -0.1) is 0 Å². The Hall–Kier alpha value is -4.03. The first kappa shape index (κ1) is 28.0. The highest BCUT2D eigenvalue weighted by Gasteiger charge is 2.36. The molecule has 1 heterocycles. The molecule has 4 rings (SSSR count). The van der Waals surface area contributed by atoms with Crippen molar-refractivity contribution in [2.75, 3.05) is 23.4 Å². The number of carbonyl (C=O) groups excluding carboxylic acids is 4. The summed E-state index contributed by atoms with van der Waals surface area (Å²) in [5.74, 6) is -2.41. The van der Waals surface area contributed by atoms with E-state index >= 15 is 0 Å². The molecule has 1 aliphatic rings. The Morgan fingerprint density at radius 3 is 2.46 bits per heavy atom. The van der Waals surface area contributed by atoms with Crippen LogP contribution >= 0.6 is 31.9 Å². The Morgan fingerprint density at radius 2 is 1.77 bits per heavy atom. The fourth-order valence-electron chi connectivity index (χ4n) is 3.61. The molecule has 3 aromatic carbocycles. The summed E-state index contributed by atoms with van der Waals surface area (Å²) >= 11 is 6.68. The van der Waals surface area contributed by atoms with E-state index < -0.39 is 36.2 Å². The van der Waals surface area contributed by atoms with Gasteiger partial charge in [-0.2, -0.15) is 0 Å². The standard InChI is InChI=1S/C27H20Br2FN3O6/c1-2-38-22-13-15(12-19(29)24(22)39-14-23(34)31-21-6-4-3-5-20(21)30)11-18-25(35)32-27(37)33(26(18)36)17-9-7-16(28)8-10-17/h3-13H,2,14H2,1H3,(H,31,34)(H,32,35,37)/b18-11+. The molecule has 0 aromatic heterocycles. The second kappa shape index (κ2) is 12.2. The Labute approximate surface area is 239 Å². The molecular weight excluding hydrogens is 641 g/mol. The van der Waals surface area contributed by atoms with Crippen molar-refractivity contribution in [3.05, 3.63) is 86.6 Å². The van der Waals surface area contributed by atoms with Gasteiger partial charge in [0.15, 0.2) is 18.1 Å². The highest BCUT2D eigenvalue weighted by atomic mass is 79.9. The molecule has 2 N–H and O–H groups in total. The highest BCUT2D eigenvalue weighted by Crippen LogP contribution is 2.38. The van der Waals surface area contributed by atoms with Gasteiger partial charge in [0.25, 0.3) is 17.7 Å². The number of halogens is 3. The molecule has 200 valence electrons. The number of para-hydroxylation sites is 1. The first-order chi connectivity index (χ1) is 18.7. The van der Waals surface area contributed by atoms with E-state index in [-0.39, 0.29) is 35.1 Å². The van der Waals surface area contributed by atoms with Gasteiger partial charge in [0.05, 0.1) is 22.5 Å². The maximum Gasteiger partial charge on any atom is 0.335 e. The second-order valence-corrected chi connectivity index (χ2v) is 9.78. The zero-order chi connectivity index (χ0) is 28.1. The number of amides is 5. The topological polar surface area (TPSA) is 114 Å². The van der Waals surface area contributed by atoms with Crippen molar-refractivity contribution in [2.45, 2.75) is 6.92 Å². The number of urea groups is 1.